The lowest BCUT2D eigenvalue weighted by molar-refractivity contribution is -0.690. The molecule has 3 aromatic carbocycles. The van der Waals surface area contributed by atoms with Gasteiger partial charge in [0.05, 0.1) is 11.4 Å². The first-order valence-corrected chi connectivity index (χ1v) is 12.0. The van der Waals surface area contributed by atoms with Crippen LogP contribution >= 0.6 is 11.8 Å². The topological polar surface area (TPSA) is 48.9 Å². The van der Waals surface area contributed by atoms with Crippen LogP contribution in [0.5, 0.6) is 5.88 Å². The molecule has 0 aliphatic carbocycles. The van der Waals surface area contributed by atoms with Crippen molar-refractivity contribution in [1.82, 2.24) is 4.57 Å². The zero-order valence-electron chi connectivity index (χ0n) is 18.6. The van der Waals surface area contributed by atoms with Crippen molar-refractivity contribution in [1.29, 1.82) is 0 Å². The Morgan fingerprint density at radius 2 is 1.61 bits per heavy atom. The lowest BCUT2D eigenvalue weighted by atomic mass is 10.0. The van der Waals surface area contributed by atoms with Gasteiger partial charge in [-0.05, 0) is 53.6 Å². The van der Waals surface area contributed by atoms with Crippen LogP contribution in [0.1, 0.15) is 30.0 Å². The maximum atomic E-state index is 13.8. The van der Waals surface area contributed by atoms with Gasteiger partial charge in [0, 0.05) is 12.2 Å². The van der Waals surface area contributed by atoms with Crippen LogP contribution < -0.4 is 15.2 Å². The molecule has 0 spiro atoms. The van der Waals surface area contributed by atoms with Gasteiger partial charge in [0.15, 0.2) is 0 Å². The molecule has 0 saturated heterocycles. The number of aromatic nitrogens is 2. The molecule has 4 nitrogen and oxygen atoms in total. The highest BCUT2D eigenvalue weighted by Gasteiger charge is 2.27. The molecule has 0 unspecified atom stereocenters. The molecule has 5 heteroatoms. The van der Waals surface area contributed by atoms with Gasteiger partial charge in [-0.15, -0.1) is 0 Å². The molecule has 33 heavy (non-hydrogen) atoms. The third-order valence-electron chi connectivity index (χ3n) is 5.37. The second-order valence-corrected chi connectivity index (χ2v) is 8.75. The van der Waals surface area contributed by atoms with Crippen molar-refractivity contribution < 1.29 is 9.67 Å². The van der Waals surface area contributed by atoms with Crippen LogP contribution in [0.4, 0.5) is 0 Å². The van der Waals surface area contributed by atoms with Gasteiger partial charge in [-0.1, -0.05) is 80.2 Å². The lowest BCUT2D eigenvalue weighted by Gasteiger charge is -2.20. The second kappa shape index (κ2) is 10.4. The maximum absolute atomic E-state index is 13.8. The Labute approximate surface area is 198 Å². The average molecular weight is 455 g/mol. The predicted octanol–water partition coefficient (Wildman–Crippen LogP) is 4.92. The van der Waals surface area contributed by atoms with Crippen molar-refractivity contribution in [2.45, 2.75) is 24.9 Å². The Balaban J connectivity index is 2.00. The van der Waals surface area contributed by atoms with Crippen molar-refractivity contribution >= 4 is 17.8 Å². The summed E-state index contributed by atoms with van der Waals surface area (Å²) in [6.45, 7) is 5.88. The Kier molecular flexibility index (Phi) is 7.10. The highest BCUT2D eigenvalue weighted by molar-refractivity contribution is 7.99. The summed E-state index contributed by atoms with van der Waals surface area (Å²) in [7, 11) is 0. The van der Waals surface area contributed by atoms with Crippen LogP contribution in [-0.4, -0.2) is 10.3 Å². The van der Waals surface area contributed by atoms with Gasteiger partial charge in [-0.2, -0.15) is 9.13 Å². The van der Waals surface area contributed by atoms with E-state index in [2.05, 4.69) is 13.5 Å². The normalized spacial score (nSPS) is 10.8. The monoisotopic (exact) mass is 454 g/mol. The average Bonchev–Trinajstić information content (AvgIpc) is 2.86. The number of hydrogen-bond donors (Lipinski definition) is 0. The third kappa shape index (κ3) is 4.78. The SMILES string of the molecule is C=Cc1ccc(Cc2c([O-])[n+](-c3ccccc3)c(SCCC)n(-c3ccccc3)c2=O)cc1. The Morgan fingerprint density at radius 1 is 0.970 bits per heavy atom. The molecule has 0 radical (unpaired) electrons. The van der Waals surface area contributed by atoms with E-state index in [0.29, 0.717) is 5.16 Å². The van der Waals surface area contributed by atoms with E-state index in [4.69, 9.17) is 0 Å². The zero-order chi connectivity index (χ0) is 23.2. The second-order valence-electron chi connectivity index (χ2n) is 7.68. The molecule has 0 atom stereocenters. The minimum Gasteiger partial charge on any atom is -0.842 e. The molecule has 0 saturated carbocycles. The fraction of sp³-hybridized carbons (Fsp3) is 0.143. The van der Waals surface area contributed by atoms with Crippen LogP contribution in [0.3, 0.4) is 0 Å². The van der Waals surface area contributed by atoms with E-state index in [1.807, 2.05) is 84.9 Å². The van der Waals surface area contributed by atoms with E-state index >= 15 is 0 Å². The fourth-order valence-electron chi connectivity index (χ4n) is 3.69. The quantitative estimate of drug-likeness (QED) is 0.216. The van der Waals surface area contributed by atoms with Gasteiger partial charge in [0.25, 0.3) is 0 Å². The molecule has 0 fully saturated rings. The molecule has 1 aromatic heterocycles. The molecule has 0 aliphatic heterocycles. The van der Waals surface area contributed by atoms with E-state index in [1.165, 1.54) is 11.8 Å². The summed E-state index contributed by atoms with van der Waals surface area (Å²) in [5.41, 5.74) is 3.36. The minimum absolute atomic E-state index is 0.245. The van der Waals surface area contributed by atoms with Gasteiger partial charge in [0.2, 0.25) is 0 Å². The van der Waals surface area contributed by atoms with Gasteiger partial charge >= 0.3 is 10.7 Å². The predicted molar refractivity (Wildman–Crippen MR) is 133 cm³/mol. The molecular formula is C28H26N2O2S. The molecular weight excluding hydrogens is 428 g/mol. The van der Waals surface area contributed by atoms with Crippen LogP contribution in [-0.2, 0) is 6.42 Å². The van der Waals surface area contributed by atoms with E-state index < -0.39 is 0 Å². The minimum atomic E-state index is -0.273. The third-order valence-corrected chi connectivity index (χ3v) is 6.60. The summed E-state index contributed by atoms with van der Waals surface area (Å²) in [5.74, 6) is 0.519. The number of rotatable bonds is 8. The van der Waals surface area contributed by atoms with Crippen molar-refractivity contribution in [3.8, 4) is 17.3 Å². The first kappa shape index (κ1) is 22.6. The Bertz CT molecular complexity index is 1300. The van der Waals surface area contributed by atoms with Gasteiger partial charge in [0.1, 0.15) is 11.4 Å². The Hall–Kier alpha value is -3.57. The standard InChI is InChI=1S/C28H26N2O2S/c1-3-19-33-28-29(23-11-7-5-8-12-23)26(31)25(20-22-17-15-21(4-2)16-18-22)27(32)30(28)24-13-9-6-10-14-24/h4-18H,2-3,19-20H2,1H3. The number of thioether (sulfide) groups is 1. The van der Waals surface area contributed by atoms with Crippen molar-refractivity contribution in [2.75, 3.05) is 5.75 Å². The number of benzene rings is 3. The summed E-state index contributed by atoms with van der Waals surface area (Å²) < 4.78 is 3.37. The van der Waals surface area contributed by atoms with Crippen LogP contribution in [0.15, 0.2) is 101 Å². The molecule has 4 aromatic rings. The summed E-state index contributed by atoms with van der Waals surface area (Å²) >= 11 is 1.53. The molecule has 0 N–H and O–H groups in total. The van der Waals surface area contributed by atoms with E-state index in [-0.39, 0.29) is 23.4 Å². The molecule has 166 valence electrons. The highest BCUT2D eigenvalue weighted by Crippen LogP contribution is 2.24. The first-order chi connectivity index (χ1) is 16.1. The maximum Gasteiger partial charge on any atom is 0.346 e. The lowest BCUT2D eigenvalue weighted by Crippen LogP contribution is -2.46. The molecule has 0 amide bonds. The van der Waals surface area contributed by atoms with E-state index in [0.717, 1.165) is 34.7 Å². The first-order valence-electron chi connectivity index (χ1n) is 11.0. The Morgan fingerprint density at radius 3 is 2.21 bits per heavy atom. The van der Waals surface area contributed by atoms with Crippen LogP contribution in [0, 0.1) is 0 Å². The van der Waals surface area contributed by atoms with Crippen molar-refractivity contribution in [2.24, 2.45) is 0 Å². The highest BCUT2D eigenvalue weighted by atomic mass is 32.2. The van der Waals surface area contributed by atoms with Crippen molar-refractivity contribution in [3.05, 3.63) is 119 Å². The largest absolute Gasteiger partial charge is 0.842 e. The summed E-state index contributed by atoms with van der Waals surface area (Å²) in [5, 5.41) is 14.4. The summed E-state index contributed by atoms with van der Waals surface area (Å²) in [4.78, 5) is 13.8. The van der Waals surface area contributed by atoms with Crippen LogP contribution in [0.25, 0.3) is 17.5 Å². The smallest absolute Gasteiger partial charge is 0.346 e. The van der Waals surface area contributed by atoms with Gasteiger partial charge < -0.3 is 5.11 Å². The zero-order valence-corrected chi connectivity index (χ0v) is 19.4. The molecule has 4 rings (SSSR count). The van der Waals surface area contributed by atoms with Crippen molar-refractivity contribution in [3.63, 3.8) is 0 Å². The van der Waals surface area contributed by atoms with E-state index in [1.54, 1.807) is 15.2 Å². The molecule has 0 aliphatic rings. The fourth-order valence-corrected chi connectivity index (χ4v) is 4.72. The van der Waals surface area contributed by atoms with Crippen LogP contribution in [0.2, 0.25) is 0 Å². The van der Waals surface area contributed by atoms with Gasteiger partial charge in [-0.3, -0.25) is 0 Å². The van der Waals surface area contributed by atoms with E-state index in [9.17, 15) is 9.90 Å². The molecule has 1 heterocycles. The number of hydrogen-bond acceptors (Lipinski definition) is 3. The van der Waals surface area contributed by atoms with Gasteiger partial charge in [-0.25, -0.2) is 4.79 Å². The number of nitrogens with zero attached hydrogens (tertiary/aromatic N) is 2. The number of para-hydroxylation sites is 2. The summed E-state index contributed by atoms with van der Waals surface area (Å²) in [6, 6.07) is 26.8. The molecule has 0 bridgehead atoms. The summed E-state index contributed by atoms with van der Waals surface area (Å²) in [6.07, 6.45) is 2.95.